The fraction of sp³-hybridized carbons (Fsp3) is 0.538. The summed E-state index contributed by atoms with van der Waals surface area (Å²) in [7, 11) is 3.30. The molecule has 0 fully saturated rings. The Balaban J connectivity index is 2.74. The van der Waals surface area contributed by atoms with Crippen LogP contribution in [0.15, 0.2) is 18.2 Å². The Bertz CT molecular complexity index is 344. The van der Waals surface area contributed by atoms with E-state index in [4.69, 9.17) is 15.2 Å². The molecule has 0 saturated carbocycles. The Morgan fingerprint density at radius 2 is 2.06 bits per heavy atom. The van der Waals surface area contributed by atoms with E-state index >= 15 is 0 Å². The summed E-state index contributed by atoms with van der Waals surface area (Å²) in [5.74, 6) is 3.65. The minimum absolute atomic E-state index is 0.00686. The van der Waals surface area contributed by atoms with Crippen LogP contribution in [0.3, 0.4) is 0 Å². The summed E-state index contributed by atoms with van der Waals surface area (Å²) in [6.07, 6.45) is 1.18. The molecule has 1 aromatic rings. The largest absolute Gasteiger partial charge is 0.497 e. The summed E-state index contributed by atoms with van der Waals surface area (Å²) in [4.78, 5) is 0. The maximum absolute atomic E-state index is 6.16. The van der Waals surface area contributed by atoms with Crippen molar-refractivity contribution in [1.82, 2.24) is 0 Å². The predicted octanol–water partition coefficient (Wildman–Crippen LogP) is 2.85. The normalized spacial score (nSPS) is 12.2. The molecule has 0 aliphatic heterocycles. The van der Waals surface area contributed by atoms with E-state index in [0.29, 0.717) is 0 Å². The van der Waals surface area contributed by atoms with Gasteiger partial charge >= 0.3 is 0 Å². The summed E-state index contributed by atoms with van der Waals surface area (Å²) < 4.78 is 10.5. The molecule has 1 unspecified atom stereocenters. The van der Waals surface area contributed by atoms with Crippen LogP contribution in [0.2, 0.25) is 0 Å². The van der Waals surface area contributed by atoms with E-state index in [1.807, 2.05) is 30.0 Å². The van der Waals surface area contributed by atoms with E-state index in [1.54, 1.807) is 14.2 Å². The first kappa shape index (κ1) is 14.2. The van der Waals surface area contributed by atoms with E-state index in [0.717, 1.165) is 28.6 Å². The number of methoxy groups -OCH3 is 2. The SMILES string of the molecule is CCCSCC(N)c1ccc(OC)cc1OC. The molecule has 1 aromatic carbocycles. The average Bonchev–Trinajstić information content (AvgIpc) is 2.38. The number of ether oxygens (including phenoxy) is 2. The minimum Gasteiger partial charge on any atom is -0.497 e. The molecule has 0 saturated heterocycles. The third kappa shape index (κ3) is 4.13. The Morgan fingerprint density at radius 3 is 2.65 bits per heavy atom. The second kappa shape index (κ2) is 7.45. The smallest absolute Gasteiger partial charge is 0.127 e. The Hall–Kier alpha value is -0.870. The Kier molecular flexibility index (Phi) is 6.22. The first-order valence-corrected chi connectivity index (χ1v) is 6.93. The number of hydrogen-bond donors (Lipinski definition) is 1. The first-order chi connectivity index (χ1) is 8.22. The second-order valence-corrected chi connectivity index (χ2v) is 4.94. The lowest BCUT2D eigenvalue weighted by Gasteiger charge is -2.16. The van der Waals surface area contributed by atoms with E-state index in [2.05, 4.69) is 6.92 Å². The van der Waals surface area contributed by atoms with Crippen molar-refractivity contribution in [3.05, 3.63) is 23.8 Å². The van der Waals surface area contributed by atoms with Gasteiger partial charge in [0.05, 0.1) is 14.2 Å². The lowest BCUT2D eigenvalue weighted by atomic mass is 10.1. The van der Waals surface area contributed by atoms with Crippen molar-refractivity contribution in [3.8, 4) is 11.5 Å². The summed E-state index contributed by atoms with van der Waals surface area (Å²) >= 11 is 1.87. The molecule has 0 radical (unpaired) electrons. The molecule has 96 valence electrons. The zero-order chi connectivity index (χ0) is 12.7. The molecule has 0 spiro atoms. The summed E-state index contributed by atoms with van der Waals surface area (Å²) in [6, 6.07) is 5.78. The van der Waals surface area contributed by atoms with Crippen LogP contribution < -0.4 is 15.2 Å². The van der Waals surface area contributed by atoms with Crippen LogP contribution in [-0.4, -0.2) is 25.7 Å². The van der Waals surface area contributed by atoms with Gasteiger partial charge in [0.25, 0.3) is 0 Å². The van der Waals surface area contributed by atoms with Crippen LogP contribution in [0.1, 0.15) is 24.9 Å². The van der Waals surface area contributed by atoms with Gasteiger partial charge in [0.15, 0.2) is 0 Å². The fourth-order valence-corrected chi connectivity index (χ4v) is 2.46. The molecule has 0 aromatic heterocycles. The van der Waals surface area contributed by atoms with Gasteiger partial charge in [-0.3, -0.25) is 0 Å². The van der Waals surface area contributed by atoms with Gasteiger partial charge in [-0.15, -0.1) is 0 Å². The number of thioether (sulfide) groups is 1. The molecule has 0 aliphatic carbocycles. The molecule has 0 aliphatic rings. The quantitative estimate of drug-likeness (QED) is 0.761. The molecule has 1 rings (SSSR count). The van der Waals surface area contributed by atoms with Crippen molar-refractivity contribution in [2.75, 3.05) is 25.7 Å². The zero-order valence-corrected chi connectivity index (χ0v) is 11.5. The number of hydrogen-bond acceptors (Lipinski definition) is 4. The molecule has 0 bridgehead atoms. The van der Waals surface area contributed by atoms with Gasteiger partial charge in [0.1, 0.15) is 11.5 Å². The number of nitrogens with two attached hydrogens (primary N) is 1. The standard InChI is InChI=1S/C13H21NO2S/c1-4-7-17-9-12(14)11-6-5-10(15-2)8-13(11)16-3/h5-6,8,12H,4,7,9,14H2,1-3H3. The van der Waals surface area contributed by atoms with Gasteiger partial charge in [-0.1, -0.05) is 13.0 Å². The van der Waals surface area contributed by atoms with Gasteiger partial charge in [-0.25, -0.2) is 0 Å². The highest BCUT2D eigenvalue weighted by atomic mass is 32.2. The molecular formula is C13H21NO2S. The summed E-state index contributed by atoms with van der Waals surface area (Å²) in [6.45, 7) is 2.17. The third-order valence-electron chi connectivity index (χ3n) is 2.49. The lowest BCUT2D eigenvalue weighted by Crippen LogP contribution is -2.14. The van der Waals surface area contributed by atoms with Crippen LogP contribution >= 0.6 is 11.8 Å². The molecule has 3 nitrogen and oxygen atoms in total. The van der Waals surface area contributed by atoms with Gasteiger partial charge in [0.2, 0.25) is 0 Å². The second-order valence-electron chi connectivity index (χ2n) is 3.79. The van der Waals surface area contributed by atoms with E-state index in [9.17, 15) is 0 Å². The highest BCUT2D eigenvalue weighted by Gasteiger charge is 2.12. The maximum Gasteiger partial charge on any atom is 0.127 e. The Morgan fingerprint density at radius 1 is 1.29 bits per heavy atom. The molecule has 2 N–H and O–H groups in total. The van der Waals surface area contributed by atoms with Crippen molar-refractivity contribution in [1.29, 1.82) is 0 Å². The maximum atomic E-state index is 6.16. The van der Waals surface area contributed by atoms with Gasteiger partial charge < -0.3 is 15.2 Å². The molecule has 0 amide bonds. The van der Waals surface area contributed by atoms with E-state index < -0.39 is 0 Å². The lowest BCUT2D eigenvalue weighted by molar-refractivity contribution is 0.389. The van der Waals surface area contributed by atoms with Crippen LogP contribution in [0.4, 0.5) is 0 Å². The van der Waals surface area contributed by atoms with E-state index in [-0.39, 0.29) is 6.04 Å². The highest BCUT2D eigenvalue weighted by molar-refractivity contribution is 7.99. The topological polar surface area (TPSA) is 44.5 Å². The third-order valence-corrected chi connectivity index (χ3v) is 3.78. The van der Waals surface area contributed by atoms with Gasteiger partial charge in [-0.05, 0) is 18.2 Å². The first-order valence-electron chi connectivity index (χ1n) is 5.78. The van der Waals surface area contributed by atoms with Crippen molar-refractivity contribution in [3.63, 3.8) is 0 Å². The Labute approximate surface area is 108 Å². The molecular weight excluding hydrogens is 234 g/mol. The van der Waals surface area contributed by atoms with Crippen LogP contribution in [-0.2, 0) is 0 Å². The van der Waals surface area contributed by atoms with E-state index in [1.165, 1.54) is 6.42 Å². The average molecular weight is 255 g/mol. The monoisotopic (exact) mass is 255 g/mol. The van der Waals surface area contributed by atoms with Crippen LogP contribution in [0.25, 0.3) is 0 Å². The van der Waals surface area contributed by atoms with Crippen molar-refractivity contribution in [2.24, 2.45) is 5.73 Å². The zero-order valence-electron chi connectivity index (χ0n) is 10.7. The molecule has 1 atom stereocenters. The number of benzene rings is 1. The molecule has 0 heterocycles. The van der Waals surface area contributed by atoms with Crippen LogP contribution in [0, 0.1) is 0 Å². The predicted molar refractivity (Wildman–Crippen MR) is 74.1 cm³/mol. The molecule has 4 heteroatoms. The van der Waals surface area contributed by atoms with Crippen molar-refractivity contribution in [2.45, 2.75) is 19.4 Å². The fourth-order valence-electron chi connectivity index (χ4n) is 1.57. The van der Waals surface area contributed by atoms with Crippen LogP contribution in [0.5, 0.6) is 11.5 Å². The van der Waals surface area contributed by atoms with Crippen molar-refractivity contribution >= 4 is 11.8 Å². The van der Waals surface area contributed by atoms with Gasteiger partial charge in [0, 0.05) is 23.4 Å². The number of rotatable bonds is 7. The minimum atomic E-state index is 0.00686. The molecule has 17 heavy (non-hydrogen) atoms. The summed E-state index contributed by atoms with van der Waals surface area (Å²) in [5.41, 5.74) is 7.20. The highest BCUT2D eigenvalue weighted by Crippen LogP contribution is 2.29. The van der Waals surface area contributed by atoms with Gasteiger partial charge in [-0.2, -0.15) is 11.8 Å². The summed E-state index contributed by atoms with van der Waals surface area (Å²) in [5, 5.41) is 0. The van der Waals surface area contributed by atoms with Crippen molar-refractivity contribution < 1.29 is 9.47 Å².